The Balaban J connectivity index is 2.26. The molecule has 98 valence electrons. The number of aryl methyl sites for hydroxylation is 2. The van der Waals surface area contributed by atoms with Gasteiger partial charge in [0.25, 0.3) is 0 Å². The molecule has 0 saturated heterocycles. The molecular formula is C13H20N4S. The van der Waals surface area contributed by atoms with E-state index >= 15 is 0 Å². The summed E-state index contributed by atoms with van der Waals surface area (Å²) < 4.78 is 2.01. The highest BCUT2D eigenvalue weighted by molar-refractivity contribution is 7.09. The number of thiazole rings is 1. The molecule has 0 aromatic carbocycles. The molecular weight excluding hydrogens is 244 g/mol. The number of nitrogens with one attached hydrogen (secondary N) is 1. The minimum Gasteiger partial charge on any atom is -0.306 e. The largest absolute Gasteiger partial charge is 0.306 e. The van der Waals surface area contributed by atoms with Crippen LogP contribution in [0.4, 0.5) is 0 Å². The van der Waals surface area contributed by atoms with E-state index in [1.807, 2.05) is 16.4 Å². The van der Waals surface area contributed by atoms with Gasteiger partial charge in [0.15, 0.2) is 0 Å². The maximum atomic E-state index is 4.41. The van der Waals surface area contributed by atoms with E-state index in [1.54, 1.807) is 11.3 Å². The van der Waals surface area contributed by atoms with Crippen molar-refractivity contribution in [3.63, 3.8) is 0 Å². The molecule has 2 heterocycles. The smallest absolute Gasteiger partial charge is 0.0798 e. The molecule has 0 saturated carbocycles. The van der Waals surface area contributed by atoms with Crippen molar-refractivity contribution >= 4 is 11.3 Å². The van der Waals surface area contributed by atoms with Crippen LogP contribution >= 0.6 is 11.3 Å². The van der Waals surface area contributed by atoms with Crippen molar-refractivity contribution in [2.45, 2.75) is 39.8 Å². The molecule has 0 fully saturated rings. The Kier molecular flexibility index (Phi) is 4.49. The molecule has 2 rings (SSSR count). The van der Waals surface area contributed by atoms with Crippen LogP contribution in [0.2, 0.25) is 0 Å². The van der Waals surface area contributed by atoms with Crippen LogP contribution in [-0.2, 0) is 6.54 Å². The number of rotatable bonds is 6. The van der Waals surface area contributed by atoms with Crippen LogP contribution in [0, 0.1) is 6.92 Å². The lowest BCUT2D eigenvalue weighted by molar-refractivity contribution is 0.598. The van der Waals surface area contributed by atoms with Crippen LogP contribution < -0.4 is 5.32 Å². The normalized spacial score (nSPS) is 12.8. The molecule has 1 N–H and O–H groups in total. The highest BCUT2D eigenvalue weighted by Crippen LogP contribution is 2.27. The third-order valence-electron chi connectivity index (χ3n) is 2.89. The Morgan fingerprint density at radius 2 is 2.28 bits per heavy atom. The lowest BCUT2D eigenvalue weighted by Gasteiger charge is -2.15. The fourth-order valence-corrected chi connectivity index (χ4v) is 2.94. The van der Waals surface area contributed by atoms with Gasteiger partial charge in [0.05, 0.1) is 23.4 Å². The van der Waals surface area contributed by atoms with Gasteiger partial charge in [0.2, 0.25) is 0 Å². The zero-order valence-corrected chi connectivity index (χ0v) is 12.0. The highest BCUT2D eigenvalue weighted by atomic mass is 32.1. The maximum absolute atomic E-state index is 4.41. The van der Waals surface area contributed by atoms with E-state index in [0.717, 1.165) is 25.2 Å². The number of hydrogen-bond acceptors (Lipinski definition) is 4. The maximum Gasteiger partial charge on any atom is 0.0798 e. The average Bonchev–Trinajstić information content (AvgIpc) is 2.96. The fraction of sp³-hybridized carbons (Fsp3) is 0.538. The van der Waals surface area contributed by atoms with Gasteiger partial charge in [0, 0.05) is 23.2 Å². The van der Waals surface area contributed by atoms with Crippen molar-refractivity contribution in [2.24, 2.45) is 0 Å². The van der Waals surface area contributed by atoms with Crippen LogP contribution in [0.1, 0.15) is 42.4 Å². The zero-order valence-electron chi connectivity index (χ0n) is 11.2. The Morgan fingerprint density at radius 1 is 1.44 bits per heavy atom. The van der Waals surface area contributed by atoms with Gasteiger partial charge in [0.1, 0.15) is 0 Å². The van der Waals surface area contributed by atoms with E-state index in [0.29, 0.717) is 0 Å². The second kappa shape index (κ2) is 6.11. The van der Waals surface area contributed by atoms with Gasteiger partial charge in [-0.25, -0.2) is 4.98 Å². The standard InChI is InChI=1S/C13H20N4S/c1-4-6-17-8-11(7-16-17)12(14-5-2)13-10(3)15-9-18-13/h7-9,12,14H,4-6H2,1-3H3. The van der Waals surface area contributed by atoms with Crippen LogP contribution in [0.25, 0.3) is 0 Å². The van der Waals surface area contributed by atoms with Crippen LogP contribution in [-0.4, -0.2) is 21.3 Å². The molecule has 1 unspecified atom stereocenters. The average molecular weight is 264 g/mol. The molecule has 0 aliphatic heterocycles. The van der Waals surface area contributed by atoms with Crippen molar-refractivity contribution in [3.05, 3.63) is 34.0 Å². The summed E-state index contributed by atoms with van der Waals surface area (Å²) in [6.45, 7) is 8.25. The molecule has 18 heavy (non-hydrogen) atoms. The Morgan fingerprint density at radius 3 is 2.89 bits per heavy atom. The molecule has 0 spiro atoms. The SMILES string of the molecule is CCCn1cc(C(NCC)c2scnc2C)cn1. The number of nitrogens with zero attached hydrogens (tertiary/aromatic N) is 3. The van der Waals surface area contributed by atoms with Crippen LogP contribution in [0.3, 0.4) is 0 Å². The van der Waals surface area contributed by atoms with Crippen molar-refractivity contribution < 1.29 is 0 Å². The quantitative estimate of drug-likeness (QED) is 0.872. The Bertz CT molecular complexity index is 489. The zero-order chi connectivity index (χ0) is 13.0. The third-order valence-corrected chi connectivity index (χ3v) is 3.89. The first-order valence-electron chi connectivity index (χ1n) is 6.42. The van der Waals surface area contributed by atoms with Crippen molar-refractivity contribution in [1.29, 1.82) is 0 Å². The monoisotopic (exact) mass is 264 g/mol. The highest BCUT2D eigenvalue weighted by Gasteiger charge is 2.18. The summed E-state index contributed by atoms with van der Waals surface area (Å²) >= 11 is 1.70. The Hall–Kier alpha value is -1.20. The molecule has 1 atom stereocenters. The van der Waals surface area contributed by atoms with Crippen molar-refractivity contribution in [2.75, 3.05) is 6.54 Å². The second-order valence-corrected chi connectivity index (χ2v) is 5.22. The molecule has 0 radical (unpaired) electrons. The summed E-state index contributed by atoms with van der Waals surface area (Å²) in [6.07, 6.45) is 5.20. The van der Waals surface area contributed by atoms with E-state index in [-0.39, 0.29) is 6.04 Å². The van der Waals surface area contributed by atoms with E-state index in [1.165, 1.54) is 10.4 Å². The molecule has 2 aromatic heterocycles. The van der Waals surface area contributed by atoms with Gasteiger partial charge in [-0.1, -0.05) is 13.8 Å². The summed E-state index contributed by atoms with van der Waals surface area (Å²) in [5.41, 5.74) is 4.23. The molecule has 5 heteroatoms. The van der Waals surface area contributed by atoms with Gasteiger partial charge in [-0.2, -0.15) is 5.10 Å². The lowest BCUT2D eigenvalue weighted by Crippen LogP contribution is -2.21. The topological polar surface area (TPSA) is 42.7 Å². The minimum atomic E-state index is 0.216. The molecule has 0 aliphatic carbocycles. The molecule has 4 nitrogen and oxygen atoms in total. The van der Waals surface area contributed by atoms with Crippen LogP contribution in [0.5, 0.6) is 0 Å². The summed E-state index contributed by atoms with van der Waals surface area (Å²) in [4.78, 5) is 5.62. The third kappa shape index (κ3) is 2.79. The number of aromatic nitrogens is 3. The van der Waals surface area contributed by atoms with Crippen molar-refractivity contribution in [3.8, 4) is 0 Å². The summed E-state index contributed by atoms with van der Waals surface area (Å²) in [6, 6.07) is 0.216. The fourth-order valence-electron chi connectivity index (χ4n) is 2.03. The van der Waals surface area contributed by atoms with Gasteiger partial charge >= 0.3 is 0 Å². The van der Waals surface area contributed by atoms with Crippen LogP contribution in [0.15, 0.2) is 17.9 Å². The van der Waals surface area contributed by atoms with E-state index in [9.17, 15) is 0 Å². The van der Waals surface area contributed by atoms with Gasteiger partial charge in [-0.15, -0.1) is 11.3 Å². The molecule has 2 aromatic rings. The van der Waals surface area contributed by atoms with Gasteiger partial charge in [-0.05, 0) is 19.9 Å². The Labute approximate surface area is 112 Å². The van der Waals surface area contributed by atoms with Crippen molar-refractivity contribution in [1.82, 2.24) is 20.1 Å². The summed E-state index contributed by atoms with van der Waals surface area (Å²) in [7, 11) is 0. The predicted molar refractivity (Wildman–Crippen MR) is 74.9 cm³/mol. The number of hydrogen-bond donors (Lipinski definition) is 1. The second-order valence-electron chi connectivity index (χ2n) is 4.33. The van der Waals surface area contributed by atoms with E-state index in [2.05, 4.69) is 42.4 Å². The van der Waals surface area contributed by atoms with E-state index < -0.39 is 0 Å². The molecule has 0 amide bonds. The lowest BCUT2D eigenvalue weighted by atomic mass is 10.1. The first-order valence-corrected chi connectivity index (χ1v) is 7.30. The van der Waals surface area contributed by atoms with E-state index in [4.69, 9.17) is 0 Å². The molecule has 0 bridgehead atoms. The minimum absolute atomic E-state index is 0.216. The first kappa shape index (κ1) is 13.2. The summed E-state index contributed by atoms with van der Waals surface area (Å²) in [5, 5.41) is 7.92. The predicted octanol–water partition coefficient (Wildman–Crippen LogP) is 2.76. The summed E-state index contributed by atoms with van der Waals surface area (Å²) in [5.74, 6) is 0. The first-order chi connectivity index (χ1) is 8.76. The van der Waals surface area contributed by atoms with Gasteiger partial charge < -0.3 is 5.32 Å². The molecule has 0 aliphatic rings. The van der Waals surface area contributed by atoms with Gasteiger partial charge in [-0.3, -0.25) is 4.68 Å².